The zero-order valence-corrected chi connectivity index (χ0v) is 19.9. The van der Waals surface area contributed by atoms with E-state index >= 15 is 0 Å². The van der Waals surface area contributed by atoms with Crippen LogP contribution < -0.4 is 0 Å². The fourth-order valence-corrected chi connectivity index (χ4v) is 5.71. The number of rotatable bonds is 5. The Morgan fingerprint density at radius 3 is 2.29 bits per heavy atom. The first kappa shape index (κ1) is 25.8. The summed E-state index contributed by atoms with van der Waals surface area (Å²) in [6, 6.07) is 3.20. The second-order valence-corrected chi connectivity index (χ2v) is 10.7. The Labute approximate surface area is 200 Å². The van der Waals surface area contributed by atoms with Crippen molar-refractivity contribution in [1.29, 1.82) is 0 Å². The van der Waals surface area contributed by atoms with Gasteiger partial charge in [-0.3, -0.25) is 4.79 Å². The number of halogens is 6. The number of carbonyl (C=O) groups excluding carboxylic acids is 1. The number of carbonyl (C=O) groups is 1. The molecule has 1 saturated carbocycles. The molecule has 1 aromatic heterocycles. The Hall–Kier alpha value is -2.26. The van der Waals surface area contributed by atoms with Gasteiger partial charge in [-0.2, -0.15) is 26.3 Å². The molecule has 0 amide bonds. The van der Waals surface area contributed by atoms with Crippen molar-refractivity contribution in [3.63, 3.8) is 0 Å². The Bertz CT molecular complexity index is 984. The van der Waals surface area contributed by atoms with E-state index in [0.29, 0.717) is 12.2 Å². The molecule has 0 radical (unpaired) electrons. The highest BCUT2D eigenvalue weighted by Gasteiger charge is 2.76. The summed E-state index contributed by atoms with van der Waals surface area (Å²) < 4.78 is 92.1. The van der Waals surface area contributed by atoms with E-state index in [1.54, 1.807) is 26.0 Å². The molecule has 1 aliphatic heterocycles. The lowest BCUT2D eigenvalue weighted by Crippen LogP contribution is -2.63. The third-order valence-corrected chi connectivity index (χ3v) is 7.36. The Balaban J connectivity index is 1.88. The fraction of sp³-hybridized carbons (Fsp3) is 0.680. The van der Waals surface area contributed by atoms with E-state index in [-0.39, 0.29) is 36.8 Å². The predicted octanol–water partition coefficient (Wildman–Crippen LogP) is 7.36. The number of alkyl halides is 6. The molecule has 0 aromatic carbocycles. The molecule has 0 bridgehead atoms. The van der Waals surface area contributed by atoms with Crippen LogP contribution in [-0.2, 0) is 11.3 Å². The molecule has 1 fully saturated rings. The van der Waals surface area contributed by atoms with Crippen LogP contribution in [0.5, 0.6) is 0 Å². The Morgan fingerprint density at radius 2 is 1.71 bits per heavy atom. The minimum Gasteiger partial charge on any atom is -0.467 e. The third-order valence-electron chi connectivity index (χ3n) is 7.36. The normalized spacial score (nSPS) is 23.4. The maximum Gasteiger partial charge on any atom is 0.427 e. The standard InChI is InChI=1S/C25H30F6N2O2/c1-22(2)13-18-21(19(34)14-22)23(24(26,27)28,25(29,30)31)32-20(11-10-16-7-4-3-5-8-16)33(18)15-17-9-6-12-35-17/h6,9,12,16H,3-5,7-8,10-11,13-15H2,1-2H3. The van der Waals surface area contributed by atoms with Crippen LogP contribution in [0.4, 0.5) is 26.3 Å². The second-order valence-electron chi connectivity index (χ2n) is 10.7. The highest BCUT2D eigenvalue weighted by atomic mass is 19.4. The number of Topliss-reactive ketones (excluding diaryl/α,β-unsaturated/α-hetero) is 1. The van der Waals surface area contributed by atoms with Crippen molar-refractivity contribution in [2.75, 3.05) is 0 Å². The van der Waals surface area contributed by atoms with Gasteiger partial charge in [0, 0.05) is 18.5 Å². The van der Waals surface area contributed by atoms with E-state index in [1.807, 2.05) is 0 Å². The number of allylic oxidation sites excluding steroid dienone is 1. The van der Waals surface area contributed by atoms with E-state index < -0.39 is 41.1 Å². The van der Waals surface area contributed by atoms with Crippen molar-refractivity contribution in [1.82, 2.24) is 4.90 Å². The fourth-order valence-electron chi connectivity index (χ4n) is 5.71. The number of amidine groups is 1. The number of furan rings is 1. The van der Waals surface area contributed by atoms with Crippen molar-refractivity contribution < 1.29 is 35.6 Å². The van der Waals surface area contributed by atoms with E-state index in [2.05, 4.69) is 4.99 Å². The number of nitrogens with zero attached hydrogens (tertiary/aromatic N) is 2. The highest BCUT2D eigenvalue weighted by Crippen LogP contribution is 2.57. The summed E-state index contributed by atoms with van der Waals surface area (Å²) in [5.41, 5.74) is -6.90. The molecule has 194 valence electrons. The summed E-state index contributed by atoms with van der Waals surface area (Å²) in [6.45, 7) is 3.26. The molecule has 0 atom stereocenters. The van der Waals surface area contributed by atoms with Crippen molar-refractivity contribution >= 4 is 11.6 Å². The van der Waals surface area contributed by atoms with Crippen LogP contribution in [0.3, 0.4) is 0 Å². The average molecular weight is 505 g/mol. The molecule has 2 aliphatic carbocycles. The summed E-state index contributed by atoms with van der Waals surface area (Å²) in [4.78, 5) is 17.9. The van der Waals surface area contributed by atoms with Crippen LogP contribution in [0.1, 0.15) is 77.4 Å². The van der Waals surface area contributed by atoms with Crippen molar-refractivity contribution in [3.8, 4) is 0 Å². The zero-order valence-electron chi connectivity index (χ0n) is 19.9. The average Bonchev–Trinajstić information content (AvgIpc) is 3.24. The summed E-state index contributed by atoms with van der Waals surface area (Å²) >= 11 is 0. The van der Waals surface area contributed by atoms with Gasteiger partial charge >= 0.3 is 12.4 Å². The maximum atomic E-state index is 14.5. The molecular formula is C25H30F6N2O2. The summed E-state index contributed by atoms with van der Waals surface area (Å²) in [7, 11) is 0. The molecule has 1 aromatic rings. The molecule has 35 heavy (non-hydrogen) atoms. The smallest absolute Gasteiger partial charge is 0.427 e. The van der Waals surface area contributed by atoms with E-state index in [9.17, 15) is 31.1 Å². The predicted molar refractivity (Wildman–Crippen MR) is 117 cm³/mol. The Morgan fingerprint density at radius 1 is 1.06 bits per heavy atom. The van der Waals surface area contributed by atoms with Crippen LogP contribution >= 0.6 is 0 Å². The molecule has 4 nitrogen and oxygen atoms in total. The van der Waals surface area contributed by atoms with Crippen LogP contribution in [0.25, 0.3) is 0 Å². The number of hydrogen-bond acceptors (Lipinski definition) is 4. The molecule has 0 saturated heterocycles. The van der Waals surface area contributed by atoms with Gasteiger partial charge in [-0.25, -0.2) is 4.99 Å². The minimum absolute atomic E-state index is 0.0370. The SMILES string of the molecule is CC1(C)CC(=O)C2=C(C1)N(Cc1ccco1)C(CCC1CCCCC1)=NC2(C(F)(F)F)C(F)(F)F. The lowest BCUT2D eigenvalue weighted by atomic mass is 9.69. The van der Waals surface area contributed by atoms with E-state index in [0.717, 1.165) is 32.1 Å². The van der Waals surface area contributed by atoms with E-state index in [4.69, 9.17) is 4.42 Å². The topological polar surface area (TPSA) is 45.8 Å². The molecule has 3 aliphatic rings. The first-order valence-corrected chi connectivity index (χ1v) is 12.0. The molecule has 0 unspecified atom stereocenters. The summed E-state index contributed by atoms with van der Waals surface area (Å²) in [6.07, 6.45) is -5.49. The Kier molecular flexibility index (Phi) is 6.64. The van der Waals surface area contributed by atoms with Gasteiger partial charge in [-0.05, 0) is 36.3 Å². The molecule has 0 spiro atoms. The highest BCUT2D eigenvalue weighted by molar-refractivity contribution is 6.03. The zero-order chi connectivity index (χ0) is 25.6. The quantitative estimate of drug-likeness (QED) is 0.394. The van der Waals surface area contributed by atoms with Crippen molar-refractivity contribution in [3.05, 3.63) is 35.4 Å². The van der Waals surface area contributed by atoms with Crippen LogP contribution in [0.2, 0.25) is 0 Å². The molecule has 4 rings (SSSR count). The maximum absolute atomic E-state index is 14.5. The van der Waals surface area contributed by atoms with Gasteiger partial charge in [0.2, 0.25) is 0 Å². The molecular weight excluding hydrogens is 474 g/mol. The third kappa shape index (κ3) is 4.77. The minimum atomic E-state index is -5.82. The summed E-state index contributed by atoms with van der Waals surface area (Å²) in [5.74, 6) is -0.858. The van der Waals surface area contributed by atoms with Gasteiger partial charge < -0.3 is 9.32 Å². The lowest BCUT2D eigenvalue weighted by molar-refractivity contribution is -0.283. The van der Waals surface area contributed by atoms with Crippen LogP contribution in [0, 0.1) is 11.3 Å². The van der Waals surface area contributed by atoms with Crippen molar-refractivity contribution in [2.24, 2.45) is 16.3 Å². The van der Waals surface area contributed by atoms with Crippen LogP contribution in [-0.4, -0.2) is 34.4 Å². The second kappa shape index (κ2) is 9.00. The molecule has 10 heteroatoms. The lowest BCUT2D eigenvalue weighted by Gasteiger charge is -2.48. The number of hydrogen-bond donors (Lipinski definition) is 0. The summed E-state index contributed by atoms with van der Waals surface area (Å²) in [5, 5.41) is 0. The van der Waals surface area contributed by atoms with E-state index in [1.165, 1.54) is 11.2 Å². The van der Waals surface area contributed by atoms with Gasteiger partial charge in [0.05, 0.1) is 18.4 Å². The monoisotopic (exact) mass is 504 g/mol. The molecule has 2 heterocycles. The number of aliphatic imine (C=N–C) groups is 1. The first-order chi connectivity index (χ1) is 16.3. The number of ketones is 1. The largest absolute Gasteiger partial charge is 0.467 e. The van der Waals surface area contributed by atoms with Crippen molar-refractivity contribution in [2.45, 2.75) is 96.1 Å². The van der Waals surface area contributed by atoms with Gasteiger partial charge in [0.1, 0.15) is 11.6 Å². The van der Waals surface area contributed by atoms with Crippen LogP contribution in [0.15, 0.2) is 39.1 Å². The molecule has 0 N–H and O–H groups in total. The first-order valence-electron chi connectivity index (χ1n) is 12.0. The van der Waals surface area contributed by atoms with Gasteiger partial charge in [-0.1, -0.05) is 46.0 Å². The van der Waals surface area contributed by atoms with Gasteiger partial charge in [-0.15, -0.1) is 0 Å². The van der Waals surface area contributed by atoms with Gasteiger partial charge in [0.15, 0.2) is 5.78 Å². The van der Waals surface area contributed by atoms with Gasteiger partial charge in [0.25, 0.3) is 5.54 Å².